The lowest BCUT2D eigenvalue weighted by molar-refractivity contribution is 0.0457. The molecule has 5 aromatic rings. The maximum Gasteiger partial charge on any atom is 0.376 e. The molecular weight excluding hydrogens is 600 g/mol. The zero-order valence-electron chi connectivity index (χ0n) is 22.5. The van der Waals surface area contributed by atoms with E-state index in [1.165, 1.54) is 28.5 Å². The third-order valence-electron chi connectivity index (χ3n) is 7.76. The number of nitrogens with zero attached hydrogens (tertiary/aromatic N) is 9. The number of aromatic amines is 2. The van der Waals surface area contributed by atoms with Crippen molar-refractivity contribution in [3.63, 3.8) is 0 Å². The summed E-state index contributed by atoms with van der Waals surface area (Å²) in [7, 11) is -3.79. The minimum atomic E-state index is -3.79. The van der Waals surface area contributed by atoms with Gasteiger partial charge in [-0.1, -0.05) is 0 Å². The van der Waals surface area contributed by atoms with Gasteiger partial charge in [-0.05, 0) is 25.7 Å². The van der Waals surface area contributed by atoms with Crippen LogP contribution in [-0.2, 0) is 21.2 Å². The first kappa shape index (κ1) is 27.1. The van der Waals surface area contributed by atoms with Crippen LogP contribution in [0.4, 0.5) is 5.82 Å². The second-order valence-corrected chi connectivity index (χ2v) is 13.5. The van der Waals surface area contributed by atoms with Crippen LogP contribution in [0.25, 0.3) is 16.1 Å². The predicted molar refractivity (Wildman–Crippen MR) is 148 cm³/mol. The summed E-state index contributed by atoms with van der Waals surface area (Å²) in [5.41, 5.74) is 7.81. The zero-order chi connectivity index (χ0) is 29.9. The maximum absolute atomic E-state index is 13.1. The first-order valence-electron chi connectivity index (χ1n) is 13.2. The van der Waals surface area contributed by atoms with E-state index in [4.69, 9.17) is 15.5 Å². The number of piperidine rings is 1. The fourth-order valence-corrected chi connectivity index (χ4v) is 7.91. The number of anilines is 1. The Balaban J connectivity index is 1.21. The van der Waals surface area contributed by atoms with Gasteiger partial charge >= 0.3 is 5.97 Å². The summed E-state index contributed by atoms with van der Waals surface area (Å²) in [6.45, 7) is -0.0867. The molecule has 2 bridgehead atoms. The normalized spacial score (nSPS) is 20.1. The molecule has 0 aliphatic carbocycles. The molecule has 222 valence electrons. The lowest BCUT2D eigenvalue weighted by Gasteiger charge is -2.38. The van der Waals surface area contributed by atoms with Crippen molar-refractivity contribution in [2.45, 2.75) is 55.2 Å². The summed E-state index contributed by atoms with van der Waals surface area (Å²) in [5.74, 6) is -1.03. The Morgan fingerprint density at radius 2 is 1.79 bits per heavy atom. The van der Waals surface area contributed by atoms with E-state index in [1.807, 2.05) is 4.90 Å². The number of sulfone groups is 1. The number of nitrogen functional groups attached to an aromatic ring is 1. The van der Waals surface area contributed by atoms with E-state index in [1.54, 1.807) is 12.4 Å². The van der Waals surface area contributed by atoms with E-state index in [0.29, 0.717) is 39.6 Å². The number of fused-ring (bicyclic) bond motifs is 3. The van der Waals surface area contributed by atoms with Crippen LogP contribution < -0.4 is 5.73 Å². The number of ether oxygens (including phenoxy) is 1. The Kier molecular flexibility index (Phi) is 6.42. The highest BCUT2D eigenvalue weighted by atomic mass is 32.2. The smallest absolute Gasteiger partial charge is 0.376 e. The Labute approximate surface area is 246 Å². The van der Waals surface area contributed by atoms with E-state index in [-0.39, 0.29) is 52.9 Å². The summed E-state index contributed by atoms with van der Waals surface area (Å²) in [6.07, 6.45) is 9.51. The highest BCUT2D eigenvalue weighted by Crippen LogP contribution is 2.45. The van der Waals surface area contributed by atoms with Crippen LogP contribution in [0.3, 0.4) is 0 Å². The Morgan fingerprint density at radius 3 is 2.44 bits per heavy atom. The summed E-state index contributed by atoms with van der Waals surface area (Å²) in [5, 5.41) is 19.7. The van der Waals surface area contributed by atoms with Gasteiger partial charge in [0.1, 0.15) is 35.0 Å². The number of hydrogen-bond donors (Lipinski definition) is 3. The van der Waals surface area contributed by atoms with Gasteiger partial charge in [0.2, 0.25) is 11.6 Å². The van der Waals surface area contributed by atoms with Gasteiger partial charge < -0.3 is 25.3 Å². The Morgan fingerprint density at radius 1 is 1.09 bits per heavy atom. The molecule has 0 radical (unpaired) electrons. The van der Waals surface area contributed by atoms with Crippen molar-refractivity contribution < 1.29 is 22.7 Å². The number of nitrogens with two attached hydrogens (primary N) is 1. The fourth-order valence-electron chi connectivity index (χ4n) is 6.02. The van der Waals surface area contributed by atoms with Crippen molar-refractivity contribution in [2.24, 2.45) is 0 Å². The van der Waals surface area contributed by atoms with Crippen LogP contribution in [0.2, 0.25) is 0 Å². The van der Waals surface area contributed by atoms with Gasteiger partial charge in [0, 0.05) is 30.5 Å². The summed E-state index contributed by atoms with van der Waals surface area (Å²) < 4.78 is 32.7. The number of aromatic nitrogens is 10. The van der Waals surface area contributed by atoms with Crippen molar-refractivity contribution in [1.82, 2.24) is 54.8 Å². The molecule has 5 aromatic heterocycles. The molecule has 43 heavy (non-hydrogen) atoms. The van der Waals surface area contributed by atoms with Crippen molar-refractivity contribution in [1.29, 1.82) is 0 Å². The minimum Gasteiger partial charge on any atom is -0.452 e. The molecule has 2 aliphatic rings. The third kappa shape index (κ3) is 4.69. The van der Waals surface area contributed by atoms with E-state index < -0.39 is 15.8 Å². The molecule has 2 aliphatic heterocycles. The molecule has 7 rings (SSSR count). The molecule has 0 aromatic carbocycles. The van der Waals surface area contributed by atoms with E-state index in [0.717, 1.165) is 19.1 Å². The molecule has 2 fully saturated rings. The third-order valence-corrected chi connectivity index (χ3v) is 9.93. The van der Waals surface area contributed by atoms with Crippen molar-refractivity contribution in [3.8, 4) is 10.4 Å². The van der Waals surface area contributed by atoms with Crippen LogP contribution in [0.15, 0.2) is 29.9 Å². The van der Waals surface area contributed by atoms with Crippen LogP contribution in [0, 0.1) is 0 Å². The molecule has 2 saturated heterocycles. The lowest BCUT2D eigenvalue weighted by atomic mass is 9.87. The van der Waals surface area contributed by atoms with Gasteiger partial charge in [-0.25, -0.2) is 23.2 Å². The molecule has 0 saturated carbocycles. The van der Waals surface area contributed by atoms with E-state index in [2.05, 4.69) is 40.4 Å². The Hall–Kier alpha value is -4.78. The van der Waals surface area contributed by atoms with Gasteiger partial charge in [-0.2, -0.15) is 9.61 Å². The van der Waals surface area contributed by atoms with Crippen LogP contribution in [0.1, 0.15) is 63.5 Å². The number of carbonyl (C=O) groups excluding carboxylic acids is 2. The molecule has 4 N–H and O–H groups in total. The first-order valence-corrected chi connectivity index (χ1v) is 15.9. The number of rotatable bonds is 7. The van der Waals surface area contributed by atoms with Crippen molar-refractivity contribution >= 4 is 44.5 Å². The first-order chi connectivity index (χ1) is 20.7. The van der Waals surface area contributed by atoms with Gasteiger partial charge in [-0.15, -0.1) is 31.7 Å². The van der Waals surface area contributed by atoms with Crippen LogP contribution >= 0.6 is 11.3 Å². The fraction of sp³-hybridized carbons (Fsp3) is 0.375. The quantitative estimate of drug-likeness (QED) is 0.215. The van der Waals surface area contributed by atoms with Crippen molar-refractivity contribution in [3.05, 3.63) is 47.4 Å². The number of esters is 1. The zero-order valence-corrected chi connectivity index (χ0v) is 24.2. The second-order valence-electron chi connectivity index (χ2n) is 10.4. The highest BCUT2D eigenvalue weighted by Gasteiger charge is 2.46. The number of amides is 1. The van der Waals surface area contributed by atoms with Gasteiger partial charge in [0.05, 0.1) is 22.3 Å². The highest BCUT2D eigenvalue weighted by molar-refractivity contribution is 7.91. The van der Waals surface area contributed by atoms with Gasteiger partial charge in [0.25, 0.3) is 5.91 Å². The molecular formula is C24H24N12O5S2. The van der Waals surface area contributed by atoms with Crippen LogP contribution in [0.5, 0.6) is 0 Å². The molecule has 7 heterocycles. The molecule has 19 heteroatoms. The summed E-state index contributed by atoms with van der Waals surface area (Å²) in [6, 6.07) is -0.220. The average molecular weight is 625 g/mol. The molecule has 3 atom stereocenters. The number of nitrogens with one attached hydrogen (secondary N) is 2. The van der Waals surface area contributed by atoms with E-state index >= 15 is 0 Å². The van der Waals surface area contributed by atoms with Gasteiger partial charge in [-0.3, -0.25) is 4.79 Å². The second kappa shape index (κ2) is 10.2. The Bertz CT molecular complexity index is 1940. The number of H-pyrrole nitrogens is 2. The number of carbonyl (C=O) groups is 2. The topological polar surface area (TPSA) is 233 Å². The molecule has 0 spiro atoms. The molecule has 0 unspecified atom stereocenters. The predicted octanol–water partition coefficient (Wildman–Crippen LogP) is 0.982. The molecule has 17 nitrogen and oxygen atoms in total. The largest absolute Gasteiger partial charge is 0.452 e. The van der Waals surface area contributed by atoms with E-state index in [9.17, 15) is 18.0 Å². The average Bonchev–Trinajstić information content (AvgIpc) is 3.80. The summed E-state index contributed by atoms with van der Waals surface area (Å²) >= 11 is 1.27. The standard InChI is InChI=1S/C24H24N12O5S2/c1-43(39,40)18-17(11-4-12-2-3-13(5-11)35(12)23(37)20-27-9-29-33-20)32-22-14(6-31-36(22)19(18)25)15-7-26-16(42-15)8-41-24(38)21-28-10-30-34-21/h6-7,9-13H,2-5,8,25H2,1H3,(H,27,29,33)(H,28,30,34)/t11-,12+,13-. The van der Waals surface area contributed by atoms with Crippen LogP contribution in [-0.4, -0.2) is 93.5 Å². The SMILES string of the molecule is CS(=O)(=O)c1c([C@H]2C[C@H]3CC[C@@H](C2)N3C(=O)c2nnc[nH]2)nc2c(-c3cnc(COC(=O)c4nnc[nH]4)s3)cnn2c1N. The molecule has 1 amide bonds. The lowest BCUT2D eigenvalue weighted by Crippen LogP contribution is -2.46. The summed E-state index contributed by atoms with van der Waals surface area (Å²) in [4.78, 5) is 42.3. The number of hydrogen-bond acceptors (Lipinski definition) is 14. The minimum absolute atomic E-state index is 0.0186. The number of thiazole rings is 1. The maximum atomic E-state index is 13.1. The monoisotopic (exact) mass is 624 g/mol. The van der Waals surface area contributed by atoms with Crippen molar-refractivity contribution in [2.75, 3.05) is 12.0 Å². The van der Waals surface area contributed by atoms with Gasteiger partial charge in [0.15, 0.2) is 15.5 Å².